The lowest BCUT2D eigenvalue weighted by Gasteiger charge is -2.19. The van der Waals surface area contributed by atoms with Gasteiger partial charge in [0.2, 0.25) is 0 Å². The van der Waals surface area contributed by atoms with Crippen molar-refractivity contribution < 1.29 is 4.74 Å². The van der Waals surface area contributed by atoms with Crippen LogP contribution in [-0.2, 0) is 11.2 Å². The van der Waals surface area contributed by atoms with E-state index >= 15 is 0 Å². The molecule has 0 unspecified atom stereocenters. The van der Waals surface area contributed by atoms with Crippen LogP contribution in [0.4, 0.5) is 0 Å². The number of ether oxygens (including phenoxy) is 1. The first-order valence-electron chi connectivity index (χ1n) is 7.19. The lowest BCUT2D eigenvalue weighted by molar-refractivity contribution is 0.0579. The molecule has 0 radical (unpaired) electrons. The van der Waals surface area contributed by atoms with Crippen molar-refractivity contribution in [3.05, 3.63) is 53.7 Å². The Morgan fingerprint density at radius 2 is 2.20 bits per heavy atom. The molecule has 2 heterocycles. The Bertz CT molecular complexity index is 568. The number of pyridine rings is 1. The molecule has 0 bridgehead atoms. The van der Waals surface area contributed by atoms with E-state index < -0.39 is 0 Å². The molecule has 0 aliphatic carbocycles. The molecule has 0 amide bonds. The van der Waals surface area contributed by atoms with E-state index in [1.165, 1.54) is 16.7 Å². The van der Waals surface area contributed by atoms with Gasteiger partial charge in [-0.2, -0.15) is 0 Å². The van der Waals surface area contributed by atoms with Gasteiger partial charge in [0, 0.05) is 24.9 Å². The molecule has 1 N–H and O–H groups in total. The minimum atomic E-state index is 0.140. The highest BCUT2D eigenvalue weighted by Crippen LogP contribution is 2.32. The minimum Gasteiger partial charge on any atom is -0.372 e. The van der Waals surface area contributed by atoms with Crippen molar-refractivity contribution >= 4 is 0 Å². The minimum absolute atomic E-state index is 0.140. The Labute approximate surface area is 120 Å². The lowest BCUT2D eigenvalue weighted by Crippen LogP contribution is -2.20. The van der Waals surface area contributed by atoms with Gasteiger partial charge in [0.25, 0.3) is 0 Å². The van der Waals surface area contributed by atoms with Crippen molar-refractivity contribution in [3.63, 3.8) is 0 Å². The van der Waals surface area contributed by atoms with Crippen LogP contribution in [0.3, 0.4) is 0 Å². The number of hydrogen-bond donors (Lipinski definition) is 1. The maximum absolute atomic E-state index is 5.98. The third-order valence-electron chi connectivity index (χ3n) is 3.78. The largest absolute Gasteiger partial charge is 0.372 e. The fourth-order valence-electron chi connectivity index (χ4n) is 2.87. The zero-order chi connectivity index (χ0) is 13.8. The molecule has 104 valence electrons. The molecule has 0 spiro atoms. The number of benzene rings is 1. The van der Waals surface area contributed by atoms with Gasteiger partial charge in [0.15, 0.2) is 0 Å². The van der Waals surface area contributed by atoms with Gasteiger partial charge in [0.1, 0.15) is 0 Å². The van der Waals surface area contributed by atoms with Gasteiger partial charge in [-0.25, -0.2) is 0 Å². The average molecular weight is 268 g/mol. The molecule has 1 aromatic heterocycles. The van der Waals surface area contributed by atoms with E-state index in [1.807, 2.05) is 25.4 Å². The fraction of sp³-hybridized carbons (Fsp3) is 0.353. The van der Waals surface area contributed by atoms with E-state index in [0.717, 1.165) is 31.7 Å². The molecule has 3 heteroatoms. The second kappa shape index (κ2) is 6.16. The Hall–Kier alpha value is -1.71. The van der Waals surface area contributed by atoms with E-state index in [-0.39, 0.29) is 6.10 Å². The standard InChI is InChI=1S/C17H20N2O/c1-18-12-17-15-7-4-6-14(13(15)8-5-11-20-17)16-9-2-3-10-19-16/h2-4,6-7,9-10,17-18H,5,8,11-12H2,1H3/t17-/m0/s1. The van der Waals surface area contributed by atoms with Gasteiger partial charge >= 0.3 is 0 Å². The topological polar surface area (TPSA) is 34.1 Å². The second-order valence-corrected chi connectivity index (χ2v) is 5.11. The van der Waals surface area contributed by atoms with Crippen LogP contribution < -0.4 is 5.32 Å². The Morgan fingerprint density at radius 3 is 3.00 bits per heavy atom. The number of aromatic nitrogens is 1. The van der Waals surface area contributed by atoms with Crippen molar-refractivity contribution in [1.29, 1.82) is 0 Å². The summed E-state index contributed by atoms with van der Waals surface area (Å²) in [4.78, 5) is 4.50. The van der Waals surface area contributed by atoms with E-state index in [4.69, 9.17) is 4.74 Å². The van der Waals surface area contributed by atoms with E-state index in [2.05, 4.69) is 34.6 Å². The molecule has 20 heavy (non-hydrogen) atoms. The summed E-state index contributed by atoms with van der Waals surface area (Å²) in [5.74, 6) is 0. The highest BCUT2D eigenvalue weighted by atomic mass is 16.5. The van der Waals surface area contributed by atoms with Crippen LogP contribution in [0.25, 0.3) is 11.3 Å². The molecule has 3 rings (SSSR count). The van der Waals surface area contributed by atoms with Crippen molar-refractivity contribution in [1.82, 2.24) is 10.3 Å². The Morgan fingerprint density at radius 1 is 1.25 bits per heavy atom. The molecule has 3 nitrogen and oxygen atoms in total. The van der Waals surface area contributed by atoms with Gasteiger partial charge < -0.3 is 10.1 Å². The van der Waals surface area contributed by atoms with Crippen LogP contribution in [0, 0.1) is 0 Å². The summed E-state index contributed by atoms with van der Waals surface area (Å²) in [5, 5.41) is 3.22. The third-order valence-corrected chi connectivity index (χ3v) is 3.78. The molecule has 1 aliphatic heterocycles. The first kappa shape index (κ1) is 13.3. The summed E-state index contributed by atoms with van der Waals surface area (Å²) in [7, 11) is 1.97. The van der Waals surface area contributed by atoms with Crippen LogP contribution in [0.1, 0.15) is 23.7 Å². The second-order valence-electron chi connectivity index (χ2n) is 5.11. The van der Waals surface area contributed by atoms with Crippen molar-refractivity contribution in [2.75, 3.05) is 20.2 Å². The summed E-state index contributed by atoms with van der Waals surface area (Å²) in [5.41, 5.74) is 4.99. The van der Waals surface area contributed by atoms with Gasteiger partial charge in [-0.05, 0) is 43.1 Å². The molecular weight excluding hydrogens is 248 g/mol. The molecule has 0 fully saturated rings. The van der Waals surface area contributed by atoms with Crippen LogP contribution in [0.5, 0.6) is 0 Å². The molecule has 0 saturated heterocycles. The van der Waals surface area contributed by atoms with Gasteiger partial charge in [-0.3, -0.25) is 4.98 Å². The van der Waals surface area contributed by atoms with Gasteiger partial charge in [-0.15, -0.1) is 0 Å². The third kappa shape index (κ3) is 2.60. The number of hydrogen-bond acceptors (Lipinski definition) is 3. The first-order valence-corrected chi connectivity index (χ1v) is 7.19. The first-order chi connectivity index (χ1) is 9.90. The van der Waals surface area contributed by atoms with Crippen molar-refractivity contribution in [3.8, 4) is 11.3 Å². The molecular formula is C17H20N2O. The lowest BCUT2D eigenvalue weighted by atomic mass is 9.93. The average Bonchev–Trinajstić information content (AvgIpc) is 2.71. The number of fused-ring (bicyclic) bond motifs is 1. The summed E-state index contributed by atoms with van der Waals surface area (Å²) in [6.45, 7) is 1.67. The van der Waals surface area contributed by atoms with E-state index in [0.29, 0.717) is 0 Å². The summed E-state index contributed by atoms with van der Waals surface area (Å²) in [6, 6.07) is 12.5. The molecule has 1 aliphatic rings. The van der Waals surface area contributed by atoms with Crippen LogP contribution in [-0.4, -0.2) is 25.2 Å². The monoisotopic (exact) mass is 268 g/mol. The number of likely N-dealkylation sites (N-methyl/N-ethyl adjacent to an activating group) is 1. The molecule has 1 atom stereocenters. The Balaban J connectivity index is 2.08. The zero-order valence-electron chi connectivity index (χ0n) is 11.8. The molecule has 1 aromatic carbocycles. The highest BCUT2D eigenvalue weighted by Gasteiger charge is 2.21. The maximum atomic E-state index is 5.98. The predicted molar refractivity (Wildman–Crippen MR) is 80.6 cm³/mol. The normalized spacial score (nSPS) is 18.4. The van der Waals surface area contributed by atoms with Crippen molar-refractivity contribution in [2.45, 2.75) is 18.9 Å². The summed E-state index contributed by atoms with van der Waals surface area (Å²) < 4.78 is 5.98. The summed E-state index contributed by atoms with van der Waals surface area (Å²) in [6.07, 6.45) is 4.12. The number of rotatable bonds is 3. The zero-order valence-corrected chi connectivity index (χ0v) is 11.8. The van der Waals surface area contributed by atoms with Crippen LogP contribution in [0.2, 0.25) is 0 Å². The number of nitrogens with one attached hydrogen (secondary N) is 1. The quantitative estimate of drug-likeness (QED) is 0.929. The fourth-order valence-corrected chi connectivity index (χ4v) is 2.87. The van der Waals surface area contributed by atoms with E-state index in [9.17, 15) is 0 Å². The molecule has 2 aromatic rings. The number of nitrogens with zero attached hydrogens (tertiary/aromatic N) is 1. The van der Waals surface area contributed by atoms with Crippen molar-refractivity contribution in [2.24, 2.45) is 0 Å². The van der Waals surface area contributed by atoms with Gasteiger partial charge in [-0.1, -0.05) is 24.3 Å². The maximum Gasteiger partial charge on any atom is 0.0951 e. The summed E-state index contributed by atoms with van der Waals surface area (Å²) >= 11 is 0. The van der Waals surface area contributed by atoms with Gasteiger partial charge in [0.05, 0.1) is 11.8 Å². The SMILES string of the molecule is CNC[C@@H]1OCCCc2c(-c3ccccn3)cccc21. The molecule has 0 saturated carbocycles. The highest BCUT2D eigenvalue weighted by molar-refractivity contribution is 5.65. The van der Waals surface area contributed by atoms with Crippen LogP contribution in [0.15, 0.2) is 42.6 Å². The smallest absolute Gasteiger partial charge is 0.0951 e. The van der Waals surface area contributed by atoms with Crippen LogP contribution >= 0.6 is 0 Å². The Kier molecular flexibility index (Phi) is 4.09. The van der Waals surface area contributed by atoms with E-state index in [1.54, 1.807) is 0 Å². The predicted octanol–water partition coefficient (Wildman–Crippen LogP) is 2.97.